The van der Waals surface area contributed by atoms with Crippen LogP contribution in [-0.4, -0.2) is 16.4 Å². The van der Waals surface area contributed by atoms with E-state index in [-0.39, 0.29) is 0 Å². The van der Waals surface area contributed by atoms with Gasteiger partial charge in [0.05, 0.1) is 18.5 Å². The second kappa shape index (κ2) is 6.64. The average Bonchev–Trinajstić information content (AvgIpc) is 2.91. The van der Waals surface area contributed by atoms with E-state index in [9.17, 15) is 0 Å². The normalized spacial score (nSPS) is 10.2. The van der Waals surface area contributed by atoms with Crippen LogP contribution >= 0.6 is 0 Å². The molecule has 100 valence electrons. The number of benzene rings is 1. The molecule has 0 aliphatic carbocycles. The van der Waals surface area contributed by atoms with Crippen molar-refractivity contribution in [1.82, 2.24) is 9.78 Å². The Labute approximate surface area is 113 Å². The van der Waals surface area contributed by atoms with Gasteiger partial charge in [0, 0.05) is 24.5 Å². The standard InChI is InChI=1S/C15H19N3O/c1-3-9-19-15-8-6-5-7-14(15)16-10-13-11-17-18(4-2)12-13/h4-8,11-12,16H,2-3,9-10H2,1H3. The highest BCUT2D eigenvalue weighted by Crippen LogP contribution is 2.24. The first kappa shape index (κ1) is 13.2. The molecule has 0 aliphatic rings. The van der Waals surface area contributed by atoms with Crippen LogP contribution in [0.5, 0.6) is 5.75 Å². The second-order valence-electron chi connectivity index (χ2n) is 4.21. The lowest BCUT2D eigenvalue weighted by atomic mass is 10.2. The molecule has 4 heteroatoms. The van der Waals surface area contributed by atoms with Crippen molar-refractivity contribution in [2.45, 2.75) is 19.9 Å². The summed E-state index contributed by atoms with van der Waals surface area (Å²) in [5, 5.41) is 7.51. The summed E-state index contributed by atoms with van der Waals surface area (Å²) < 4.78 is 7.39. The quantitative estimate of drug-likeness (QED) is 0.826. The molecule has 0 atom stereocenters. The molecule has 0 radical (unpaired) electrons. The molecule has 0 spiro atoms. The van der Waals surface area contributed by atoms with E-state index in [1.807, 2.05) is 36.7 Å². The van der Waals surface area contributed by atoms with Gasteiger partial charge in [0.15, 0.2) is 0 Å². The zero-order chi connectivity index (χ0) is 13.5. The summed E-state index contributed by atoms with van der Waals surface area (Å²) in [6, 6.07) is 7.97. The number of nitrogens with one attached hydrogen (secondary N) is 1. The minimum atomic E-state index is 0.709. The molecule has 1 heterocycles. The highest BCUT2D eigenvalue weighted by Gasteiger charge is 2.03. The van der Waals surface area contributed by atoms with Crippen molar-refractivity contribution in [3.8, 4) is 5.75 Å². The van der Waals surface area contributed by atoms with Gasteiger partial charge in [0.2, 0.25) is 0 Å². The minimum Gasteiger partial charge on any atom is -0.491 e. The van der Waals surface area contributed by atoms with Crippen molar-refractivity contribution < 1.29 is 4.74 Å². The first-order valence-corrected chi connectivity index (χ1v) is 6.44. The maximum absolute atomic E-state index is 5.70. The third-order valence-corrected chi connectivity index (χ3v) is 2.67. The van der Waals surface area contributed by atoms with Gasteiger partial charge < -0.3 is 10.1 Å². The van der Waals surface area contributed by atoms with Crippen molar-refractivity contribution in [2.24, 2.45) is 0 Å². The molecular weight excluding hydrogens is 238 g/mol. The fourth-order valence-electron chi connectivity index (χ4n) is 1.72. The summed E-state index contributed by atoms with van der Waals surface area (Å²) in [5.74, 6) is 0.889. The number of anilines is 1. The summed E-state index contributed by atoms with van der Waals surface area (Å²) in [4.78, 5) is 0. The van der Waals surface area contributed by atoms with E-state index >= 15 is 0 Å². The van der Waals surface area contributed by atoms with Gasteiger partial charge in [0.1, 0.15) is 5.75 Å². The number of ether oxygens (including phenoxy) is 1. The summed E-state index contributed by atoms with van der Waals surface area (Å²) in [5.41, 5.74) is 2.10. The van der Waals surface area contributed by atoms with Crippen LogP contribution in [0, 0.1) is 0 Å². The Hall–Kier alpha value is -2.23. The molecule has 2 aromatic rings. The van der Waals surface area contributed by atoms with Crippen LogP contribution in [0.1, 0.15) is 18.9 Å². The lowest BCUT2D eigenvalue weighted by Gasteiger charge is -2.12. The summed E-state index contributed by atoms with van der Waals surface area (Å²) in [6.07, 6.45) is 6.43. The smallest absolute Gasteiger partial charge is 0.142 e. The topological polar surface area (TPSA) is 39.1 Å². The van der Waals surface area contributed by atoms with E-state index in [0.717, 1.165) is 30.0 Å². The molecule has 0 saturated carbocycles. The van der Waals surface area contributed by atoms with E-state index in [0.29, 0.717) is 6.54 Å². The van der Waals surface area contributed by atoms with E-state index in [4.69, 9.17) is 4.74 Å². The van der Waals surface area contributed by atoms with Crippen LogP contribution in [0.25, 0.3) is 6.20 Å². The Morgan fingerprint density at radius 2 is 2.26 bits per heavy atom. The van der Waals surface area contributed by atoms with E-state index < -0.39 is 0 Å². The van der Waals surface area contributed by atoms with Crippen molar-refractivity contribution in [3.05, 3.63) is 48.8 Å². The van der Waals surface area contributed by atoms with Crippen molar-refractivity contribution in [2.75, 3.05) is 11.9 Å². The Morgan fingerprint density at radius 3 is 3.00 bits per heavy atom. The van der Waals surface area contributed by atoms with Gasteiger partial charge in [-0.15, -0.1) is 0 Å². The summed E-state index contributed by atoms with van der Waals surface area (Å²) in [6.45, 7) is 7.21. The molecule has 0 saturated heterocycles. The number of hydrogen-bond donors (Lipinski definition) is 1. The monoisotopic (exact) mass is 257 g/mol. The van der Waals surface area contributed by atoms with Crippen LogP contribution in [0.3, 0.4) is 0 Å². The first-order valence-electron chi connectivity index (χ1n) is 6.44. The Kier molecular flexibility index (Phi) is 4.61. The number of para-hydroxylation sites is 2. The van der Waals surface area contributed by atoms with Gasteiger partial charge in [-0.3, -0.25) is 0 Å². The Bertz CT molecular complexity index is 534. The molecule has 1 aromatic heterocycles. The molecule has 1 N–H and O–H groups in total. The highest BCUT2D eigenvalue weighted by molar-refractivity contribution is 5.56. The lowest BCUT2D eigenvalue weighted by molar-refractivity contribution is 0.319. The summed E-state index contributed by atoms with van der Waals surface area (Å²) >= 11 is 0. The zero-order valence-electron chi connectivity index (χ0n) is 11.2. The van der Waals surface area contributed by atoms with Crippen LogP contribution in [0.2, 0.25) is 0 Å². The van der Waals surface area contributed by atoms with Gasteiger partial charge in [0.25, 0.3) is 0 Å². The van der Waals surface area contributed by atoms with Crippen molar-refractivity contribution >= 4 is 11.9 Å². The predicted molar refractivity (Wildman–Crippen MR) is 78.2 cm³/mol. The van der Waals surface area contributed by atoms with Crippen molar-refractivity contribution in [1.29, 1.82) is 0 Å². The minimum absolute atomic E-state index is 0.709. The number of nitrogens with zero attached hydrogens (tertiary/aromatic N) is 2. The van der Waals surface area contributed by atoms with Gasteiger partial charge in [-0.05, 0) is 18.6 Å². The Balaban J connectivity index is 2.00. The molecule has 0 bridgehead atoms. The molecule has 0 fully saturated rings. The fraction of sp³-hybridized carbons (Fsp3) is 0.267. The van der Waals surface area contributed by atoms with E-state index in [2.05, 4.69) is 23.9 Å². The maximum atomic E-state index is 5.70. The highest BCUT2D eigenvalue weighted by atomic mass is 16.5. The molecule has 0 aliphatic heterocycles. The Morgan fingerprint density at radius 1 is 1.42 bits per heavy atom. The molecule has 1 aromatic carbocycles. The fourth-order valence-corrected chi connectivity index (χ4v) is 1.72. The van der Waals surface area contributed by atoms with Crippen LogP contribution < -0.4 is 10.1 Å². The van der Waals surface area contributed by atoms with Crippen LogP contribution in [-0.2, 0) is 6.54 Å². The van der Waals surface area contributed by atoms with Crippen LogP contribution in [0.4, 0.5) is 5.69 Å². The largest absolute Gasteiger partial charge is 0.491 e. The van der Waals surface area contributed by atoms with Gasteiger partial charge in [-0.25, -0.2) is 4.68 Å². The SMILES string of the molecule is C=Cn1cc(CNc2ccccc2OCCC)cn1. The number of rotatable bonds is 7. The third kappa shape index (κ3) is 3.61. The average molecular weight is 257 g/mol. The molecule has 19 heavy (non-hydrogen) atoms. The van der Waals surface area contributed by atoms with E-state index in [1.54, 1.807) is 10.9 Å². The first-order chi connectivity index (χ1) is 9.33. The second-order valence-corrected chi connectivity index (χ2v) is 4.21. The maximum Gasteiger partial charge on any atom is 0.142 e. The molecule has 4 nitrogen and oxygen atoms in total. The lowest BCUT2D eigenvalue weighted by Crippen LogP contribution is -2.02. The molecular formula is C15H19N3O. The van der Waals surface area contributed by atoms with Gasteiger partial charge in [-0.2, -0.15) is 5.10 Å². The van der Waals surface area contributed by atoms with Gasteiger partial charge >= 0.3 is 0 Å². The van der Waals surface area contributed by atoms with Crippen molar-refractivity contribution in [3.63, 3.8) is 0 Å². The molecule has 0 amide bonds. The number of hydrogen-bond acceptors (Lipinski definition) is 3. The van der Waals surface area contributed by atoms with E-state index in [1.165, 1.54) is 0 Å². The third-order valence-electron chi connectivity index (χ3n) is 2.67. The zero-order valence-corrected chi connectivity index (χ0v) is 11.2. The molecule has 0 unspecified atom stereocenters. The molecule has 2 rings (SSSR count). The number of aromatic nitrogens is 2. The summed E-state index contributed by atoms with van der Waals surface area (Å²) in [7, 11) is 0. The van der Waals surface area contributed by atoms with Crippen LogP contribution in [0.15, 0.2) is 43.2 Å². The van der Waals surface area contributed by atoms with Gasteiger partial charge in [-0.1, -0.05) is 25.6 Å². The predicted octanol–water partition coefficient (Wildman–Crippen LogP) is 3.38.